The molecular formula is C10H11BrN2O2S. The Balaban J connectivity index is 2.31. The average molecular weight is 303 g/mol. The molecule has 0 aliphatic carbocycles. The van der Waals surface area contributed by atoms with Gasteiger partial charge in [0.2, 0.25) is 5.82 Å². The molecule has 2 aromatic heterocycles. The van der Waals surface area contributed by atoms with Gasteiger partial charge in [0, 0.05) is 0 Å². The summed E-state index contributed by atoms with van der Waals surface area (Å²) < 4.78 is 6.16. The molecule has 0 spiro atoms. The van der Waals surface area contributed by atoms with Crippen LogP contribution in [0.2, 0.25) is 0 Å². The maximum absolute atomic E-state index is 9.56. The molecular weight excluding hydrogens is 292 g/mol. The third-order valence-electron chi connectivity index (χ3n) is 2.19. The maximum atomic E-state index is 9.56. The second kappa shape index (κ2) is 4.65. The first-order valence-electron chi connectivity index (χ1n) is 4.89. The summed E-state index contributed by atoms with van der Waals surface area (Å²) in [6.45, 7) is 3.87. The monoisotopic (exact) mass is 302 g/mol. The van der Waals surface area contributed by atoms with Gasteiger partial charge in [-0.15, -0.1) is 11.3 Å². The fourth-order valence-electron chi connectivity index (χ4n) is 1.22. The van der Waals surface area contributed by atoms with Gasteiger partial charge in [-0.05, 0) is 40.9 Å². The largest absolute Gasteiger partial charge is 0.385 e. The van der Waals surface area contributed by atoms with Crippen molar-refractivity contribution in [1.29, 1.82) is 0 Å². The predicted molar refractivity (Wildman–Crippen MR) is 65.3 cm³/mol. The van der Waals surface area contributed by atoms with Crippen LogP contribution in [0.1, 0.15) is 30.8 Å². The SMILES string of the molecule is CCC(O)c1noc(-c2cc(C)c(Br)s2)n1. The molecule has 86 valence electrons. The molecule has 2 rings (SSSR count). The highest BCUT2D eigenvalue weighted by Crippen LogP contribution is 2.34. The van der Waals surface area contributed by atoms with E-state index in [2.05, 4.69) is 26.1 Å². The van der Waals surface area contributed by atoms with E-state index < -0.39 is 6.10 Å². The Labute approximate surface area is 105 Å². The molecule has 0 bridgehead atoms. The second-order valence-electron chi connectivity index (χ2n) is 3.45. The number of nitrogens with zero attached hydrogens (tertiary/aromatic N) is 2. The van der Waals surface area contributed by atoms with Gasteiger partial charge in [-0.25, -0.2) is 0 Å². The Morgan fingerprint density at radius 1 is 1.62 bits per heavy atom. The van der Waals surface area contributed by atoms with E-state index >= 15 is 0 Å². The lowest BCUT2D eigenvalue weighted by Crippen LogP contribution is -1.97. The summed E-state index contributed by atoms with van der Waals surface area (Å²) in [4.78, 5) is 5.08. The Hall–Kier alpha value is -0.720. The summed E-state index contributed by atoms with van der Waals surface area (Å²) in [6.07, 6.45) is -0.0754. The lowest BCUT2D eigenvalue weighted by molar-refractivity contribution is 0.159. The molecule has 16 heavy (non-hydrogen) atoms. The number of aliphatic hydroxyl groups is 1. The molecule has 2 heterocycles. The fraction of sp³-hybridized carbons (Fsp3) is 0.400. The molecule has 1 unspecified atom stereocenters. The first kappa shape index (κ1) is 11.8. The highest BCUT2D eigenvalue weighted by molar-refractivity contribution is 9.11. The van der Waals surface area contributed by atoms with Crippen molar-refractivity contribution in [3.63, 3.8) is 0 Å². The van der Waals surface area contributed by atoms with Crippen molar-refractivity contribution in [3.05, 3.63) is 21.2 Å². The van der Waals surface area contributed by atoms with Crippen molar-refractivity contribution in [3.8, 4) is 10.8 Å². The quantitative estimate of drug-likeness (QED) is 0.945. The zero-order chi connectivity index (χ0) is 11.7. The summed E-state index contributed by atoms with van der Waals surface area (Å²) in [5, 5.41) is 13.3. The Morgan fingerprint density at radius 2 is 2.38 bits per heavy atom. The first-order chi connectivity index (χ1) is 7.61. The van der Waals surface area contributed by atoms with Crippen LogP contribution < -0.4 is 0 Å². The summed E-state index contributed by atoms with van der Waals surface area (Å²) in [5.74, 6) is 0.806. The lowest BCUT2D eigenvalue weighted by Gasteiger charge is -1.97. The van der Waals surface area contributed by atoms with Crippen LogP contribution in [0.3, 0.4) is 0 Å². The standard InChI is InChI=1S/C10H11BrN2O2S/c1-3-6(14)9-12-10(15-13-9)7-4-5(2)8(11)16-7/h4,6,14H,3H2,1-2H3. The molecule has 1 atom stereocenters. The van der Waals surface area contributed by atoms with Crippen molar-refractivity contribution < 1.29 is 9.63 Å². The van der Waals surface area contributed by atoms with E-state index in [4.69, 9.17) is 4.52 Å². The van der Waals surface area contributed by atoms with Gasteiger partial charge in [0.15, 0.2) is 0 Å². The number of halogens is 1. The van der Waals surface area contributed by atoms with Gasteiger partial charge in [0.05, 0.1) is 8.66 Å². The van der Waals surface area contributed by atoms with Crippen molar-refractivity contribution in [2.75, 3.05) is 0 Å². The van der Waals surface area contributed by atoms with Crippen molar-refractivity contribution >= 4 is 27.3 Å². The van der Waals surface area contributed by atoms with E-state index in [1.807, 2.05) is 19.9 Å². The van der Waals surface area contributed by atoms with Crippen molar-refractivity contribution in [2.24, 2.45) is 0 Å². The molecule has 2 aromatic rings. The number of aryl methyl sites for hydroxylation is 1. The van der Waals surface area contributed by atoms with Gasteiger partial charge in [-0.3, -0.25) is 0 Å². The van der Waals surface area contributed by atoms with Crippen LogP contribution in [-0.4, -0.2) is 15.2 Å². The Kier molecular flexibility index (Phi) is 3.41. The van der Waals surface area contributed by atoms with Crippen LogP contribution in [0.15, 0.2) is 14.4 Å². The molecule has 1 N–H and O–H groups in total. The van der Waals surface area contributed by atoms with E-state index in [1.165, 1.54) is 11.3 Å². The highest BCUT2D eigenvalue weighted by Gasteiger charge is 2.16. The zero-order valence-corrected chi connectivity index (χ0v) is 11.3. The molecule has 0 aromatic carbocycles. The number of rotatable bonds is 3. The smallest absolute Gasteiger partial charge is 0.268 e. The van der Waals surface area contributed by atoms with Crippen molar-refractivity contribution in [1.82, 2.24) is 10.1 Å². The van der Waals surface area contributed by atoms with Crippen LogP contribution >= 0.6 is 27.3 Å². The number of hydrogen-bond donors (Lipinski definition) is 1. The number of aliphatic hydroxyl groups excluding tert-OH is 1. The maximum Gasteiger partial charge on any atom is 0.268 e. The Bertz CT molecular complexity index is 475. The van der Waals surface area contributed by atoms with Crippen LogP contribution in [0.4, 0.5) is 0 Å². The normalized spacial score (nSPS) is 13.0. The minimum atomic E-state index is -0.651. The topological polar surface area (TPSA) is 59.2 Å². The summed E-state index contributed by atoms with van der Waals surface area (Å²) >= 11 is 4.98. The van der Waals surface area contributed by atoms with Gasteiger partial charge in [-0.1, -0.05) is 12.1 Å². The molecule has 0 radical (unpaired) electrons. The van der Waals surface area contributed by atoms with Crippen LogP contribution in [-0.2, 0) is 0 Å². The molecule has 0 aliphatic heterocycles. The molecule has 0 saturated heterocycles. The predicted octanol–water partition coefficient (Wildman–Crippen LogP) is 3.31. The van der Waals surface area contributed by atoms with Gasteiger partial charge < -0.3 is 9.63 Å². The zero-order valence-electron chi connectivity index (χ0n) is 8.90. The molecule has 6 heteroatoms. The molecule has 0 saturated carbocycles. The molecule has 0 amide bonds. The molecule has 0 aliphatic rings. The first-order valence-corrected chi connectivity index (χ1v) is 6.50. The third kappa shape index (κ3) is 2.18. The van der Waals surface area contributed by atoms with E-state index in [1.54, 1.807) is 0 Å². The van der Waals surface area contributed by atoms with E-state index in [9.17, 15) is 5.11 Å². The van der Waals surface area contributed by atoms with Crippen LogP contribution in [0, 0.1) is 6.92 Å². The number of aromatic nitrogens is 2. The average Bonchev–Trinajstić information content (AvgIpc) is 2.86. The summed E-state index contributed by atoms with van der Waals surface area (Å²) in [6, 6.07) is 1.98. The van der Waals surface area contributed by atoms with Crippen LogP contribution in [0.25, 0.3) is 10.8 Å². The summed E-state index contributed by atoms with van der Waals surface area (Å²) in [5.41, 5.74) is 1.13. The summed E-state index contributed by atoms with van der Waals surface area (Å²) in [7, 11) is 0. The van der Waals surface area contributed by atoms with Crippen molar-refractivity contribution in [2.45, 2.75) is 26.4 Å². The molecule has 0 fully saturated rings. The minimum absolute atomic E-state index is 0.347. The van der Waals surface area contributed by atoms with E-state index in [-0.39, 0.29) is 0 Å². The fourth-order valence-corrected chi connectivity index (χ4v) is 2.67. The highest BCUT2D eigenvalue weighted by atomic mass is 79.9. The molecule has 4 nitrogen and oxygen atoms in total. The van der Waals surface area contributed by atoms with E-state index in [0.29, 0.717) is 18.1 Å². The number of hydrogen-bond acceptors (Lipinski definition) is 5. The van der Waals surface area contributed by atoms with Gasteiger partial charge in [-0.2, -0.15) is 4.98 Å². The van der Waals surface area contributed by atoms with E-state index in [0.717, 1.165) is 14.2 Å². The minimum Gasteiger partial charge on any atom is -0.385 e. The second-order valence-corrected chi connectivity index (χ2v) is 5.82. The number of thiophene rings is 1. The van der Waals surface area contributed by atoms with Gasteiger partial charge in [0.25, 0.3) is 5.89 Å². The van der Waals surface area contributed by atoms with Crippen LogP contribution in [0.5, 0.6) is 0 Å². The lowest BCUT2D eigenvalue weighted by atomic mass is 10.3. The van der Waals surface area contributed by atoms with Gasteiger partial charge in [0.1, 0.15) is 6.10 Å². The Morgan fingerprint density at radius 3 is 2.94 bits per heavy atom. The third-order valence-corrected chi connectivity index (χ3v) is 4.32. The van der Waals surface area contributed by atoms with Gasteiger partial charge >= 0.3 is 0 Å².